The highest BCUT2D eigenvalue weighted by molar-refractivity contribution is 14.1. The normalized spacial score (nSPS) is 9.94. The zero-order valence-corrected chi connectivity index (χ0v) is 12.3. The maximum atomic E-state index is 8.74. The average molecular weight is 354 g/mol. The van der Waals surface area contributed by atoms with E-state index in [0.29, 0.717) is 0 Å². The predicted molar refractivity (Wildman–Crippen MR) is 80.3 cm³/mol. The molecule has 17 heavy (non-hydrogen) atoms. The molecule has 1 N–H and O–H groups in total. The van der Waals surface area contributed by atoms with Crippen LogP contribution in [0, 0.1) is 21.8 Å². The van der Waals surface area contributed by atoms with Crippen molar-refractivity contribution in [1.29, 1.82) is 5.26 Å². The summed E-state index contributed by atoms with van der Waals surface area (Å²) < 4.78 is 1.26. The molecule has 2 nitrogen and oxygen atoms in total. The van der Waals surface area contributed by atoms with Gasteiger partial charge in [-0.3, -0.25) is 0 Å². The average Bonchev–Trinajstić information content (AvgIpc) is 2.79. The van der Waals surface area contributed by atoms with Gasteiger partial charge in [0.15, 0.2) is 0 Å². The lowest BCUT2D eigenvalue weighted by Crippen LogP contribution is -1.97. The highest BCUT2D eigenvalue weighted by Crippen LogP contribution is 2.20. The van der Waals surface area contributed by atoms with E-state index in [0.717, 1.165) is 17.1 Å². The monoisotopic (exact) mass is 354 g/mol. The number of hydrogen-bond donors (Lipinski definition) is 1. The molecule has 86 valence electrons. The number of nitrogens with zero attached hydrogens (tertiary/aromatic N) is 1. The molecule has 0 spiro atoms. The number of benzene rings is 1. The van der Waals surface area contributed by atoms with Crippen molar-refractivity contribution >= 4 is 39.6 Å². The standard InChI is InChI=1S/C13H11IN2S/c1-9-2-3-10(6-13(9)14)16-8-12-5-4-11(7-15)17-12/h2-6,16H,8H2,1H3. The molecule has 2 rings (SSSR count). The summed E-state index contributed by atoms with van der Waals surface area (Å²) in [5.41, 5.74) is 2.41. The SMILES string of the molecule is Cc1ccc(NCc2ccc(C#N)s2)cc1I. The fourth-order valence-electron chi connectivity index (χ4n) is 1.43. The number of anilines is 1. The van der Waals surface area contributed by atoms with Crippen molar-refractivity contribution in [2.45, 2.75) is 13.5 Å². The Morgan fingerprint density at radius 1 is 1.35 bits per heavy atom. The summed E-state index contributed by atoms with van der Waals surface area (Å²) in [6.07, 6.45) is 0. The van der Waals surface area contributed by atoms with Crippen LogP contribution in [0.15, 0.2) is 30.3 Å². The second-order valence-corrected chi connectivity index (χ2v) is 6.03. The van der Waals surface area contributed by atoms with Crippen molar-refractivity contribution in [2.75, 3.05) is 5.32 Å². The Balaban J connectivity index is 2.02. The molecule has 0 saturated heterocycles. The van der Waals surface area contributed by atoms with Crippen LogP contribution >= 0.6 is 33.9 Å². The largest absolute Gasteiger partial charge is 0.380 e. The first-order chi connectivity index (χ1) is 8.19. The van der Waals surface area contributed by atoms with Gasteiger partial charge in [0.1, 0.15) is 10.9 Å². The van der Waals surface area contributed by atoms with Crippen molar-refractivity contribution < 1.29 is 0 Å². The summed E-state index contributed by atoms with van der Waals surface area (Å²) in [6.45, 7) is 2.87. The van der Waals surface area contributed by atoms with Gasteiger partial charge in [0.05, 0.1) is 0 Å². The van der Waals surface area contributed by atoms with Gasteiger partial charge in [-0.2, -0.15) is 5.26 Å². The number of halogens is 1. The molecule has 4 heteroatoms. The van der Waals surface area contributed by atoms with Gasteiger partial charge in [0.2, 0.25) is 0 Å². The number of thiophene rings is 1. The van der Waals surface area contributed by atoms with Crippen molar-refractivity contribution in [2.24, 2.45) is 0 Å². The molecule has 0 bridgehead atoms. The molecule has 1 aromatic heterocycles. The lowest BCUT2D eigenvalue weighted by Gasteiger charge is -2.06. The topological polar surface area (TPSA) is 35.8 Å². The van der Waals surface area contributed by atoms with Crippen LogP contribution < -0.4 is 5.32 Å². The molecule has 0 radical (unpaired) electrons. The lowest BCUT2D eigenvalue weighted by molar-refractivity contribution is 1.19. The first-order valence-electron chi connectivity index (χ1n) is 5.18. The molecule has 0 amide bonds. The minimum absolute atomic E-state index is 0.764. The van der Waals surface area contributed by atoms with E-state index in [4.69, 9.17) is 5.26 Å². The van der Waals surface area contributed by atoms with Crippen LogP contribution in [0.25, 0.3) is 0 Å². The molecule has 1 aromatic carbocycles. The van der Waals surface area contributed by atoms with Crippen molar-refractivity contribution in [1.82, 2.24) is 0 Å². The fourth-order valence-corrected chi connectivity index (χ4v) is 2.68. The summed E-state index contributed by atoms with van der Waals surface area (Å²) in [6, 6.07) is 12.3. The Morgan fingerprint density at radius 3 is 2.82 bits per heavy atom. The molecule has 0 atom stereocenters. The third kappa shape index (κ3) is 3.20. The zero-order chi connectivity index (χ0) is 12.3. The quantitative estimate of drug-likeness (QED) is 0.841. The Hall–Kier alpha value is -1.06. The van der Waals surface area contributed by atoms with Gasteiger partial charge in [0, 0.05) is 20.7 Å². The summed E-state index contributed by atoms with van der Waals surface area (Å²) in [5, 5.41) is 12.1. The second-order valence-electron chi connectivity index (χ2n) is 3.70. The van der Waals surface area contributed by atoms with E-state index >= 15 is 0 Å². The molecule has 0 aliphatic rings. The van der Waals surface area contributed by atoms with Crippen LogP contribution in [0.1, 0.15) is 15.3 Å². The molecule has 0 unspecified atom stereocenters. The van der Waals surface area contributed by atoms with E-state index in [1.807, 2.05) is 12.1 Å². The molecular formula is C13H11IN2S. The molecule has 0 aliphatic carbocycles. The fraction of sp³-hybridized carbons (Fsp3) is 0.154. The maximum absolute atomic E-state index is 8.74. The number of rotatable bonds is 3. The van der Waals surface area contributed by atoms with Crippen LogP contribution in [0.3, 0.4) is 0 Å². The summed E-state index contributed by atoms with van der Waals surface area (Å²) >= 11 is 3.87. The third-order valence-electron chi connectivity index (χ3n) is 2.41. The van der Waals surface area contributed by atoms with Gasteiger partial charge in [-0.15, -0.1) is 11.3 Å². The Labute approximate surface area is 118 Å². The summed E-state index contributed by atoms with van der Waals surface area (Å²) in [5.74, 6) is 0. The smallest absolute Gasteiger partial charge is 0.110 e. The minimum Gasteiger partial charge on any atom is -0.380 e. The van der Waals surface area contributed by atoms with E-state index in [2.05, 4.69) is 59.1 Å². The van der Waals surface area contributed by atoms with E-state index in [-0.39, 0.29) is 0 Å². The molecule has 0 saturated carbocycles. The second kappa shape index (κ2) is 5.52. The Morgan fingerprint density at radius 2 is 2.18 bits per heavy atom. The minimum atomic E-state index is 0.764. The van der Waals surface area contributed by atoms with Gasteiger partial charge in [-0.1, -0.05) is 6.07 Å². The first-order valence-corrected chi connectivity index (χ1v) is 7.07. The highest BCUT2D eigenvalue weighted by Gasteiger charge is 2.00. The predicted octanol–water partition coefficient (Wildman–Crippen LogP) is 4.14. The van der Waals surface area contributed by atoms with Crippen LogP contribution in [0.5, 0.6) is 0 Å². The highest BCUT2D eigenvalue weighted by atomic mass is 127. The summed E-state index contributed by atoms with van der Waals surface area (Å²) in [4.78, 5) is 1.94. The third-order valence-corrected chi connectivity index (χ3v) is 4.56. The van der Waals surface area contributed by atoms with Crippen molar-refractivity contribution in [3.05, 3.63) is 49.2 Å². The van der Waals surface area contributed by atoms with Gasteiger partial charge in [-0.05, 0) is 59.3 Å². The lowest BCUT2D eigenvalue weighted by atomic mass is 10.2. The molecule has 0 aliphatic heterocycles. The van der Waals surface area contributed by atoms with Crippen LogP contribution in [-0.4, -0.2) is 0 Å². The first kappa shape index (κ1) is 12.4. The maximum Gasteiger partial charge on any atom is 0.110 e. The number of nitriles is 1. The van der Waals surface area contributed by atoms with E-state index in [1.54, 1.807) is 0 Å². The number of aryl methyl sites for hydroxylation is 1. The van der Waals surface area contributed by atoms with Crippen molar-refractivity contribution in [3.63, 3.8) is 0 Å². The van der Waals surface area contributed by atoms with Gasteiger partial charge in [0.25, 0.3) is 0 Å². The van der Waals surface area contributed by atoms with Crippen LogP contribution in [0.2, 0.25) is 0 Å². The summed E-state index contributed by atoms with van der Waals surface area (Å²) in [7, 11) is 0. The van der Waals surface area contributed by atoms with Gasteiger partial charge < -0.3 is 5.32 Å². The van der Waals surface area contributed by atoms with E-state index < -0.39 is 0 Å². The van der Waals surface area contributed by atoms with Crippen LogP contribution in [0.4, 0.5) is 5.69 Å². The van der Waals surface area contributed by atoms with Gasteiger partial charge >= 0.3 is 0 Å². The van der Waals surface area contributed by atoms with Crippen molar-refractivity contribution in [3.8, 4) is 6.07 Å². The Kier molecular flexibility index (Phi) is 4.02. The van der Waals surface area contributed by atoms with E-state index in [9.17, 15) is 0 Å². The molecule has 0 fully saturated rings. The molecule has 1 heterocycles. The molecule has 2 aromatic rings. The number of nitrogens with one attached hydrogen (secondary N) is 1. The van der Waals surface area contributed by atoms with Crippen LogP contribution in [-0.2, 0) is 6.54 Å². The van der Waals surface area contributed by atoms with E-state index in [1.165, 1.54) is 25.3 Å². The zero-order valence-electron chi connectivity index (χ0n) is 9.33. The number of hydrogen-bond acceptors (Lipinski definition) is 3. The Bertz CT molecular complexity index is 569. The molecular weight excluding hydrogens is 343 g/mol. The van der Waals surface area contributed by atoms with Gasteiger partial charge in [-0.25, -0.2) is 0 Å².